The highest BCUT2D eigenvalue weighted by molar-refractivity contribution is 5.20. The number of rotatable bonds is 6. The van der Waals surface area contributed by atoms with E-state index < -0.39 is 53.7 Å². The van der Waals surface area contributed by atoms with E-state index in [1.54, 1.807) is 0 Å². The molecular formula is C9HF15O. The first-order valence-electron chi connectivity index (χ1n) is 5.06. The number of alkyl halides is 14. The zero-order valence-corrected chi connectivity index (χ0v) is 10.6. The molecule has 25 heavy (non-hydrogen) atoms. The van der Waals surface area contributed by atoms with E-state index in [4.69, 9.17) is 5.11 Å². The predicted molar refractivity (Wildman–Crippen MR) is 45.7 cm³/mol. The third-order valence-electron chi connectivity index (χ3n) is 2.55. The molecule has 0 heterocycles. The maximum atomic E-state index is 12.9. The maximum Gasteiger partial charge on any atom is 0.423 e. The molecule has 0 radical (unpaired) electrons. The van der Waals surface area contributed by atoms with Crippen molar-refractivity contribution in [2.45, 2.75) is 41.6 Å². The first-order valence-corrected chi connectivity index (χ1v) is 5.06. The molecule has 0 amide bonds. The van der Waals surface area contributed by atoms with Crippen molar-refractivity contribution >= 4 is 0 Å². The van der Waals surface area contributed by atoms with Crippen LogP contribution in [0.5, 0.6) is 0 Å². The quantitative estimate of drug-likeness (QED) is 0.511. The van der Waals surface area contributed by atoms with Crippen LogP contribution in [0.2, 0.25) is 0 Å². The number of hydrogen-bond donors (Lipinski definition) is 1. The normalized spacial score (nSPS) is 15.7. The van der Waals surface area contributed by atoms with Gasteiger partial charge in [-0.25, -0.2) is 0 Å². The average molecular weight is 410 g/mol. The highest BCUT2D eigenvalue weighted by atomic mass is 19.4. The van der Waals surface area contributed by atoms with Crippen molar-refractivity contribution in [3.63, 3.8) is 0 Å². The van der Waals surface area contributed by atoms with E-state index in [1.807, 2.05) is 0 Å². The molecule has 0 aliphatic carbocycles. The van der Waals surface area contributed by atoms with Crippen molar-refractivity contribution in [3.05, 3.63) is 0 Å². The molecule has 0 spiro atoms. The van der Waals surface area contributed by atoms with Crippen LogP contribution in [-0.2, 0) is 0 Å². The Morgan fingerprint density at radius 3 is 1.04 bits per heavy atom. The molecule has 0 saturated carbocycles. The first-order chi connectivity index (χ1) is 10.6. The lowest BCUT2D eigenvalue weighted by Gasteiger charge is -2.40. The zero-order valence-electron chi connectivity index (χ0n) is 10.6. The Kier molecular flexibility index (Phi) is 5.39. The summed E-state index contributed by atoms with van der Waals surface area (Å²) in [5.41, 5.74) is 0. The third kappa shape index (κ3) is 2.95. The van der Waals surface area contributed by atoms with E-state index in [9.17, 15) is 65.9 Å². The van der Waals surface area contributed by atoms with Crippen molar-refractivity contribution in [1.82, 2.24) is 0 Å². The Labute approximate surface area is 126 Å². The summed E-state index contributed by atoms with van der Waals surface area (Å²) >= 11 is 0. The van der Waals surface area contributed by atoms with Crippen LogP contribution >= 0.6 is 0 Å². The SMILES string of the molecule is OC(F)(F)C(F)(F)C(F)(F)C(F)(F)C(F)(F)C(F)(F)C(F)(F)C#CF. The van der Waals surface area contributed by atoms with Gasteiger partial charge in [0.1, 0.15) is 6.17 Å². The van der Waals surface area contributed by atoms with Gasteiger partial charge in [0.2, 0.25) is 0 Å². The molecule has 0 aromatic carbocycles. The van der Waals surface area contributed by atoms with Crippen molar-refractivity contribution in [2.75, 3.05) is 0 Å². The van der Waals surface area contributed by atoms with Gasteiger partial charge < -0.3 is 5.11 Å². The molecule has 1 N–H and O–H groups in total. The summed E-state index contributed by atoms with van der Waals surface area (Å²) in [4.78, 5) is 0. The summed E-state index contributed by atoms with van der Waals surface area (Å²) in [5.74, 6) is -47.7. The van der Waals surface area contributed by atoms with Gasteiger partial charge in [0.15, 0.2) is 0 Å². The van der Waals surface area contributed by atoms with E-state index in [0.717, 1.165) is 0 Å². The Balaban J connectivity index is 6.53. The first kappa shape index (κ1) is 23.5. The summed E-state index contributed by atoms with van der Waals surface area (Å²) < 4.78 is 188. The van der Waals surface area contributed by atoms with E-state index in [1.165, 1.54) is 0 Å². The van der Waals surface area contributed by atoms with Crippen molar-refractivity contribution in [3.8, 4) is 12.1 Å². The van der Waals surface area contributed by atoms with E-state index in [2.05, 4.69) is 0 Å². The molecule has 148 valence electrons. The lowest BCUT2D eigenvalue weighted by molar-refractivity contribution is -0.459. The standard InChI is InChI=1S/C9HF15O/c10-2-1-3(11,12)4(13,14)5(15,16)6(17,18)7(19,20)8(21,22)9(23,24)25/h25H. The van der Waals surface area contributed by atoms with Crippen LogP contribution in [0.4, 0.5) is 65.9 Å². The van der Waals surface area contributed by atoms with Gasteiger partial charge in [-0.3, -0.25) is 0 Å². The van der Waals surface area contributed by atoms with E-state index in [-0.39, 0.29) is 0 Å². The van der Waals surface area contributed by atoms with Crippen LogP contribution in [-0.4, -0.2) is 46.8 Å². The average Bonchev–Trinajstić information content (AvgIpc) is 2.35. The second kappa shape index (κ2) is 5.74. The molecule has 16 heteroatoms. The summed E-state index contributed by atoms with van der Waals surface area (Å²) in [6.07, 6.45) is -7.78. The molecule has 0 aromatic heterocycles. The number of hydrogen-bond acceptors (Lipinski definition) is 1. The largest absolute Gasteiger partial charge is 0.423 e. The second-order valence-electron chi connectivity index (χ2n) is 4.21. The molecule has 0 unspecified atom stereocenters. The fourth-order valence-corrected chi connectivity index (χ4v) is 1.12. The van der Waals surface area contributed by atoms with Gasteiger partial charge in [-0.2, -0.15) is 61.5 Å². The van der Waals surface area contributed by atoms with Crippen LogP contribution in [0.15, 0.2) is 0 Å². The highest BCUT2D eigenvalue weighted by Gasteiger charge is 2.93. The molecule has 0 rings (SSSR count). The molecule has 0 aliphatic rings. The summed E-state index contributed by atoms with van der Waals surface area (Å²) in [5, 5.41) is 7.41. The van der Waals surface area contributed by atoms with Gasteiger partial charge in [0.25, 0.3) is 0 Å². The van der Waals surface area contributed by atoms with Crippen LogP contribution < -0.4 is 0 Å². The lowest BCUT2D eigenvalue weighted by atomic mass is 9.91. The monoisotopic (exact) mass is 410 g/mol. The molecule has 0 aliphatic heterocycles. The second-order valence-corrected chi connectivity index (χ2v) is 4.21. The molecule has 1 nitrogen and oxygen atoms in total. The van der Waals surface area contributed by atoms with Crippen LogP contribution in [0.25, 0.3) is 0 Å². The Bertz CT molecular complexity index is 560. The summed E-state index contributed by atoms with van der Waals surface area (Å²) in [7, 11) is 0. The summed E-state index contributed by atoms with van der Waals surface area (Å²) in [6, 6.07) is 0. The molecule has 0 aromatic rings. The minimum Gasteiger partial charge on any atom is -0.331 e. The number of aliphatic hydroxyl groups is 1. The molecule has 0 saturated heterocycles. The van der Waals surface area contributed by atoms with Gasteiger partial charge >= 0.3 is 41.6 Å². The zero-order chi connectivity index (χ0) is 20.9. The van der Waals surface area contributed by atoms with Gasteiger partial charge in [-0.05, 0) is 0 Å². The third-order valence-corrected chi connectivity index (χ3v) is 2.55. The minimum absolute atomic E-state index is 0.623. The number of halogens is 15. The molecule has 0 bridgehead atoms. The summed E-state index contributed by atoms with van der Waals surface area (Å²) in [6.45, 7) is 0. The van der Waals surface area contributed by atoms with Crippen LogP contribution in [0, 0.1) is 12.1 Å². The lowest BCUT2D eigenvalue weighted by Crippen LogP contribution is -2.72. The molecule has 0 fully saturated rings. The van der Waals surface area contributed by atoms with Crippen LogP contribution in [0.3, 0.4) is 0 Å². The predicted octanol–water partition coefficient (Wildman–Crippen LogP) is 4.31. The minimum atomic E-state index is -8.30. The fraction of sp³-hybridized carbons (Fsp3) is 0.778. The van der Waals surface area contributed by atoms with Crippen LogP contribution in [0.1, 0.15) is 0 Å². The van der Waals surface area contributed by atoms with Gasteiger partial charge in [-0.1, -0.05) is 0 Å². The Morgan fingerprint density at radius 2 is 0.760 bits per heavy atom. The molecule has 0 atom stereocenters. The molecular weight excluding hydrogens is 409 g/mol. The smallest absolute Gasteiger partial charge is 0.331 e. The highest BCUT2D eigenvalue weighted by Crippen LogP contribution is 2.61. The van der Waals surface area contributed by atoms with Crippen molar-refractivity contribution in [2.24, 2.45) is 0 Å². The van der Waals surface area contributed by atoms with Gasteiger partial charge in [0.05, 0.1) is 0 Å². The van der Waals surface area contributed by atoms with E-state index >= 15 is 0 Å². The Hall–Kier alpha value is -1.53. The topological polar surface area (TPSA) is 20.2 Å². The Morgan fingerprint density at radius 1 is 0.480 bits per heavy atom. The van der Waals surface area contributed by atoms with E-state index in [0.29, 0.717) is 0 Å². The van der Waals surface area contributed by atoms with Gasteiger partial charge in [-0.15, -0.1) is 4.39 Å². The van der Waals surface area contributed by atoms with Crippen molar-refractivity contribution in [1.29, 1.82) is 0 Å². The fourth-order valence-electron chi connectivity index (χ4n) is 1.12. The van der Waals surface area contributed by atoms with Gasteiger partial charge in [0, 0.05) is 5.92 Å². The van der Waals surface area contributed by atoms with Crippen molar-refractivity contribution < 1.29 is 71.0 Å². The maximum absolute atomic E-state index is 12.9.